The summed E-state index contributed by atoms with van der Waals surface area (Å²) in [5, 5.41) is 4.15. The molecule has 0 aliphatic rings. The summed E-state index contributed by atoms with van der Waals surface area (Å²) in [4.78, 5) is 8.42. The lowest BCUT2D eigenvalue weighted by Gasteiger charge is -2.11. The Balaban J connectivity index is 1.85. The first kappa shape index (κ1) is 17.8. The molecule has 0 saturated carbocycles. The number of aromatic nitrogens is 2. The minimum atomic E-state index is 0.727. The molecule has 27 heavy (non-hydrogen) atoms. The Morgan fingerprint density at radius 2 is 1.70 bits per heavy atom. The molecule has 4 rings (SSSR count). The molecule has 0 fully saturated rings. The molecule has 136 valence electrons. The van der Waals surface area contributed by atoms with Crippen LogP contribution < -0.4 is 5.32 Å². The minimum Gasteiger partial charge on any atom is -0.338 e. The second-order valence-corrected chi connectivity index (χ2v) is 6.99. The molecule has 0 amide bonds. The van der Waals surface area contributed by atoms with E-state index in [1.807, 2.05) is 30.3 Å². The summed E-state index contributed by atoms with van der Waals surface area (Å²) in [5.41, 5.74) is 6.81. The molecule has 2 N–H and O–H groups in total. The van der Waals surface area contributed by atoms with Gasteiger partial charge in [-0.3, -0.25) is 0 Å². The molecular formula is C23H22ClN3. The van der Waals surface area contributed by atoms with E-state index < -0.39 is 0 Å². The van der Waals surface area contributed by atoms with Crippen molar-refractivity contribution in [2.24, 2.45) is 0 Å². The predicted molar refractivity (Wildman–Crippen MR) is 114 cm³/mol. The molecule has 0 spiro atoms. The van der Waals surface area contributed by atoms with Crippen LogP contribution in [0.15, 0.2) is 66.7 Å². The highest BCUT2D eigenvalue weighted by molar-refractivity contribution is 6.30. The normalized spacial score (nSPS) is 11.2. The summed E-state index contributed by atoms with van der Waals surface area (Å²) >= 11 is 6.03. The van der Waals surface area contributed by atoms with Crippen LogP contribution in [0.2, 0.25) is 5.02 Å². The number of aromatic amines is 1. The molecule has 4 aromatic rings. The van der Waals surface area contributed by atoms with E-state index in [4.69, 9.17) is 16.6 Å². The highest BCUT2D eigenvalue weighted by atomic mass is 35.5. The Kier molecular flexibility index (Phi) is 5.23. The van der Waals surface area contributed by atoms with Gasteiger partial charge in [-0.1, -0.05) is 54.9 Å². The van der Waals surface area contributed by atoms with Gasteiger partial charge in [0.25, 0.3) is 0 Å². The molecule has 3 aromatic carbocycles. The largest absolute Gasteiger partial charge is 0.338 e. The van der Waals surface area contributed by atoms with Crippen LogP contribution in [0.25, 0.3) is 33.5 Å². The van der Waals surface area contributed by atoms with Gasteiger partial charge in [0.05, 0.1) is 11.0 Å². The molecule has 0 atom stereocenters. The van der Waals surface area contributed by atoms with Crippen LogP contribution in [0.1, 0.15) is 12.5 Å². The van der Waals surface area contributed by atoms with E-state index in [1.165, 1.54) is 16.7 Å². The van der Waals surface area contributed by atoms with E-state index >= 15 is 0 Å². The number of halogens is 1. The molecular weight excluding hydrogens is 354 g/mol. The Bertz CT molecular complexity index is 1040. The number of hydrogen-bond acceptors (Lipinski definition) is 2. The predicted octanol–water partition coefficient (Wildman–Crippen LogP) is 5.70. The van der Waals surface area contributed by atoms with Crippen molar-refractivity contribution < 1.29 is 0 Å². The Labute approximate surface area is 164 Å². The number of benzene rings is 3. The van der Waals surface area contributed by atoms with Gasteiger partial charge in [0.15, 0.2) is 0 Å². The fourth-order valence-corrected chi connectivity index (χ4v) is 3.52. The number of fused-ring (bicyclic) bond motifs is 1. The fourth-order valence-electron chi connectivity index (χ4n) is 3.40. The number of likely N-dealkylation sites (N-methyl/N-ethyl adjacent to an activating group) is 1. The average Bonchev–Trinajstić information content (AvgIpc) is 3.13. The summed E-state index contributed by atoms with van der Waals surface area (Å²) in [6.45, 7) is 4.07. The van der Waals surface area contributed by atoms with E-state index in [0.717, 1.165) is 47.0 Å². The molecule has 3 nitrogen and oxygen atoms in total. The van der Waals surface area contributed by atoms with Crippen molar-refractivity contribution in [2.45, 2.75) is 13.3 Å². The first-order valence-corrected chi connectivity index (χ1v) is 9.67. The van der Waals surface area contributed by atoms with Crippen molar-refractivity contribution in [3.63, 3.8) is 0 Å². The third-order valence-electron chi connectivity index (χ3n) is 4.74. The Morgan fingerprint density at radius 3 is 2.44 bits per heavy atom. The highest BCUT2D eigenvalue weighted by Gasteiger charge is 2.14. The van der Waals surface area contributed by atoms with Gasteiger partial charge in [-0.25, -0.2) is 4.98 Å². The Morgan fingerprint density at radius 1 is 0.926 bits per heavy atom. The average molecular weight is 376 g/mol. The van der Waals surface area contributed by atoms with Gasteiger partial charge in [-0.2, -0.15) is 0 Å². The van der Waals surface area contributed by atoms with Crippen molar-refractivity contribution >= 4 is 22.6 Å². The molecule has 0 radical (unpaired) electrons. The van der Waals surface area contributed by atoms with E-state index in [0.29, 0.717) is 0 Å². The molecule has 0 saturated heterocycles. The number of rotatable bonds is 6. The number of H-pyrrole nitrogens is 1. The topological polar surface area (TPSA) is 40.7 Å². The van der Waals surface area contributed by atoms with Crippen molar-refractivity contribution in [2.75, 3.05) is 13.1 Å². The van der Waals surface area contributed by atoms with Crippen LogP contribution in [0.4, 0.5) is 0 Å². The van der Waals surface area contributed by atoms with Gasteiger partial charge in [-0.15, -0.1) is 0 Å². The lowest BCUT2D eigenvalue weighted by Crippen LogP contribution is -2.16. The SMILES string of the molecule is CCNCCc1ccc2[nH]c(-c3ccc(Cl)cc3)nc2c1-c1ccccc1. The number of hydrogen-bond donors (Lipinski definition) is 2. The highest BCUT2D eigenvalue weighted by Crippen LogP contribution is 2.33. The van der Waals surface area contributed by atoms with Crippen molar-refractivity contribution in [3.05, 3.63) is 77.3 Å². The van der Waals surface area contributed by atoms with Gasteiger partial charge in [-0.05, 0) is 61.0 Å². The van der Waals surface area contributed by atoms with Crippen molar-refractivity contribution in [3.8, 4) is 22.5 Å². The lowest BCUT2D eigenvalue weighted by atomic mass is 9.96. The lowest BCUT2D eigenvalue weighted by molar-refractivity contribution is 0.717. The van der Waals surface area contributed by atoms with Gasteiger partial charge in [0.2, 0.25) is 0 Å². The second-order valence-electron chi connectivity index (χ2n) is 6.56. The number of imidazole rings is 1. The van der Waals surface area contributed by atoms with Crippen LogP contribution in [0, 0.1) is 0 Å². The molecule has 0 aliphatic heterocycles. The minimum absolute atomic E-state index is 0.727. The maximum atomic E-state index is 6.03. The summed E-state index contributed by atoms with van der Waals surface area (Å²) < 4.78 is 0. The second kappa shape index (κ2) is 7.95. The van der Waals surface area contributed by atoms with E-state index in [1.54, 1.807) is 0 Å². The van der Waals surface area contributed by atoms with Gasteiger partial charge >= 0.3 is 0 Å². The number of nitrogens with one attached hydrogen (secondary N) is 2. The molecule has 4 heteroatoms. The van der Waals surface area contributed by atoms with Crippen LogP contribution >= 0.6 is 11.6 Å². The first-order chi connectivity index (χ1) is 13.3. The van der Waals surface area contributed by atoms with Gasteiger partial charge in [0, 0.05) is 16.1 Å². The van der Waals surface area contributed by atoms with Crippen LogP contribution in [0.3, 0.4) is 0 Å². The molecule has 1 heterocycles. The first-order valence-electron chi connectivity index (χ1n) is 9.30. The van der Waals surface area contributed by atoms with Crippen molar-refractivity contribution in [1.82, 2.24) is 15.3 Å². The third-order valence-corrected chi connectivity index (χ3v) is 4.99. The summed E-state index contributed by atoms with van der Waals surface area (Å²) in [7, 11) is 0. The standard InChI is InChI=1S/C23H22ClN3/c1-2-25-15-14-17-10-13-20-22(21(17)16-6-4-3-5-7-16)27-23(26-20)18-8-11-19(24)12-9-18/h3-13,25H,2,14-15H2,1H3,(H,26,27). The quantitative estimate of drug-likeness (QED) is 0.424. The van der Waals surface area contributed by atoms with E-state index in [-0.39, 0.29) is 0 Å². The van der Waals surface area contributed by atoms with Crippen molar-refractivity contribution in [1.29, 1.82) is 0 Å². The Hall–Kier alpha value is -2.62. The summed E-state index contributed by atoms with van der Waals surface area (Å²) in [6, 6.07) is 22.6. The molecule has 0 unspecified atom stereocenters. The zero-order valence-electron chi connectivity index (χ0n) is 15.3. The zero-order valence-corrected chi connectivity index (χ0v) is 16.1. The number of nitrogens with zero attached hydrogens (tertiary/aromatic N) is 1. The smallest absolute Gasteiger partial charge is 0.138 e. The summed E-state index contributed by atoms with van der Waals surface area (Å²) in [6.07, 6.45) is 0.969. The zero-order chi connectivity index (χ0) is 18.6. The van der Waals surface area contributed by atoms with Crippen LogP contribution in [-0.4, -0.2) is 23.1 Å². The maximum absolute atomic E-state index is 6.03. The molecule has 0 aliphatic carbocycles. The summed E-state index contributed by atoms with van der Waals surface area (Å²) in [5.74, 6) is 0.864. The van der Waals surface area contributed by atoms with Crippen LogP contribution in [-0.2, 0) is 6.42 Å². The molecule has 1 aromatic heterocycles. The third kappa shape index (κ3) is 3.75. The maximum Gasteiger partial charge on any atom is 0.138 e. The van der Waals surface area contributed by atoms with Gasteiger partial charge < -0.3 is 10.3 Å². The fraction of sp³-hybridized carbons (Fsp3) is 0.174. The van der Waals surface area contributed by atoms with Gasteiger partial charge in [0.1, 0.15) is 5.82 Å². The van der Waals surface area contributed by atoms with Crippen LogP contribution in [0.5, 0.6) is 0 Å². The van der Waals surface area contributed by atoms with E-state index in [2.05, 4.69) is 53.6 Å². The van der Waals surface area contributed by atoms with E-state index in [9.17, 15) is 0 Å². The monoisotopic (exact) mass is 375 g/mol. The molecule has 0 bridgehead atoms.